The first-order valence-electron chi connectivity index (χ1n) is 7.77. The topological polar surface area (TPSA) is 54.5 Å². The zero-order chi connectivity index (χ0) is 14.7. The van der Waals surface area contributed by atoms with Gasteiger partial charge < -0.3 is 15.0 Å². The largest absolute Gasteiger partial charge is 0.381 e. The van der Waals surface area contributed by atoms with Crippen molar-refractivity contribution in [2.24, 2.45) is 0 Å². The van der Waals surface area contributed by atoms with Crippen LogP contribution >= 0.6 is 0 Å². The van der Waals surface area contributed by atoms with E-state index in [2.05, 4.69) is 22.1 Å². The number of pyridine rings is 1. The van der Waals surface area contributed by atoms with E-state index in [1.165, 1.54) is 5.56 Å². The number of nitrogens with one attached hydrogen (secondary N) is 1. The van der Waals surface area contributed by atoms with E-state index in [0.29, 0.717) is 12.6 Å². The molecule has 1 N–H and O–H groups in total. The number of carbonyl (C=O) groups is 1. The zero-order valence-electron chi connectivity index (χ0n) is 12.5. The van der Waals surface area contributed by atoms with Crippen LogP contribution in [0.2, 0.25) is 0 Å². The van der Waals surface area contributed by atoms with Crippen LogP contribution in [0, 0.1) is 6.92 Å². The second-order valence-corrected chi connectivity index (χ2v) is 5.90. The third kappa shape index (κ3) is 3.24. The number of hydrogen-bond acceptors (Lipinski definition) is 4. The van der Waals surface area contributed by atoms with Gasteiger partial charge in [-0.15, -0.1) is 0 Å². The molecule has 2 saturated heterocycles. The fraction of sp³-hybridized carbons (Fsp3) is 0.625. The smallest absolute Gasteiger partial charge is 0.240 e. The van der Waals surface area contributed by atoms with E-state index < -0.39 is 0 Å². The average Bonchev–Trinajstić information content (AvgIpc) is 2.88. The van der Waals surface area contributed by atoms with Crippen molar-refractivity contribution < 1.29 is 9.53 Å². The van der Waals surface area contributed by atoms with Gasteiger partial charge in [-0.1, -0.05) is 0 Å². The van der Waals surface area contributed by atoms with E-state index in [0.717, 1.165) is 44.6 Å². The summed E-state index contributed by atoms with van der Waals surface area (Å²) >= 11 is 0. The molecule has 114 valence electrons. The van der Waals surface area contributed by atoms with Crippen LogP contribution in [0.4, 0.5) is 0 Å². The molecular formula is C16H23N3O2. The molecule has 2 fully saturated rings. The van der Waals surface area contributed by atoms with Gasteiger partial charge in [0.2, 0.25) is 5.91 Å². The summed E-state index contributed by atoms with van der Waals surface area (Å²) < 4.78 is 5.38. The summed E-state index contributed by atoms with van der Waals surface area (Å²) in [6, 6.07) is 2.33. The van der Waals surface area contributed by atoms with E-state index in [9.17, 15) is 4.79 Å². The number of amides is 1. The Morgan fingerprint density at radius 2 is 2.19 bits per heavy atom. The molecule has 3 rings (SSSR count). The second kappa shape index (κ2) is 6.54. The van der Waals surface area contributed by atoms with Gasteiger partial charge in [-0.05, 0) is 43.4 Å². The number of likely N-dealkylation sites (tertiary alicyclic amines) is 1. The van der Waals surface area contributed by atoms with Gasteiger partial charge in [0.15, 0.2) is 0 Å². The zero-order valence-corrected chi connectivity index (χ0v) is 12.5. The Balaban J connectivity index is 1.55. The number of ether oxygens (including phenoxy) is 1. The van der Waals surface area contributed by atoms with Gasteiger partial charge in [-0.3, -0.25) is 9.78 Å². The van der Waals surface area contributed by atoms with Crippen LogP contribution in [-0.4, -0.2) is 47.6 Å². The second-order valence-electron chi connectivity index (χ2n) is 5.90. The fourth-order valence-electron chi connectivity index (χ4n) is 3.17. The summed E-state index contributed by atoms with van der Waals surface area (Å²) in [5.74, 6) is 0.253. The third-order valence-corrected chi connectivity index (χ3v) is 4.56. The molecule has 0 aliphatic carbocycles. The highest BCUT2D eigenvalue weighted by atomic mass is 16.5. The Hall–Kier alpha value is -1.46. The van der Waals surface area contributed by atoms with Crippen LogP contribution in [0.25, 0.3) is 0 Å². The van der Waals surface area contributed by atoms with Crippen LogP contribution in [0.1, 0.15) is 30.4 Å². The molecule has 0 bridgehead atoms. The predicted octanol–water partition coefficient (Wildman–Crippen LogP) is 1.26. The van der Waals surface area contributed by atoms with Crippen molar-refractivity contribution in [2.75, 3.05) is 19.8 Å². The number of aryl methyl sites for hydroxylation is 1. The highest BCUT2D eigenvalue weighted by molar-refractivity contribution is 5.84. The summed E-state index contributed by atoms with van der Waals surface area (Å²) in [6.07, 6.45) is 6.51. The minimum Gasteiger partial charge on any atom is -0.381 e. The first kappa shape index (κ1) is 14.5. The molecular weight excluding hydrogens is 266 g/mol. The normalized spacial score (nSPS) is 23.8. The molecule has 2 aliphatic heterocycles. The average molecular weight is 289 g/mol. The van der Waals surface area contributed by atoms with E-state index in [1.807, 2.05) is 12.3 Å². The van der Waals surface area contributed by atoms with Crippen molar-refractivity contribution in [2.45, 2.75) is 44.8 Å². The van der Waals surface area contributed by atoms with Crippen molar-refractivity contribution in [1.82, 2.24) is 15.2 Å². The van der Waals surface area contributed by atoms with Gasteiger partial charge in [0.05, 0.1) is 6.04 Å². The molecule has 0 radical (unpaired) electrons. The summed E-state index contributed by atoms with van der Waals surface area (Å²) in [4.78, 5) is 18.7. The lowest BCUT2D eigenvalue weighted by atomic mass is 10.1. The lowest BCUT2D eigenvalue weighted by molar-refractivity contribution is -0.133. The Bertz CT molecular complexity index is 500. The highest BCUT2D eigenvalue weighted by Crippen LogP contribution is 2.21. The molecule has 3 heterocycles. The van der Waals surface area contributed by atoms with Crippen LogP contribution in [0.3, 0.4) is 0 Å². The van der Waals surface area contributed by atoms with Crippen LogP contribution in [0.15, 0.2) is 18.5 Å². The van der Waals surface area contributed by atoms with Crippen molar-refractivity contribution in [1.29, 1.82) is 0 Å². The van der Waals surface area contributed by atoms with Crippen molar-refractivity contribution in [3.63, 3.8) is 0 Å². The molecule has 0 saturated carbocycles. The van der Waals surface area contributed by atoms with Crippen molar-refractivity contribution in [3.05, 3.63) is 29.6 Å². The van der Waals surface area contributed by atoms with Crippen LogP contribution in [0.5, 0.6) is 0 Å². The van der Waals surface area contributed by atoms with Gasteiger partial charge >= 0.3 is 0 Å². The Morgan fingerprint density at radius 1 is 1.38 bits per heavy atom. The summed E-state index contributed by atoms with van der Waals surface area (Å²) in [7, 11) is 0. The fourth-order valence-corrected chi connectivity index (χ4v) is 3.17. The lowest BCUT2D eigenvalue weighted by Crippen LogP contribution is -2.44. The monoisotopic (exact) mass is 289 g/mol. The standard InChI is InChI=1S/C16H23N3O2/c1-12-2-6-17-10-13(12)11-18-15-3-7-19(16(15)20)14-4-8-21-9-5-14/h2,6,10,14-15,18H,3-5,7-9,11H2,1H3. The van der Waals surface area contributed by atoms with Gasteiger partial charge in [-0.25, -0.2) is 0 Å². The molecule has 2 aliphatic rings. The van der Waals surface area contributed by atoms with Gasteiger partial charge in [0.1, 0.15) is 0 Å². The molecule has 1 aromatic rings. The minimum absolute atomic E-state index is 0.0487. The SMILES string of the molecule is Cc1ccncc1CNC1CCN(C2CCOCC2)C1=O. The maximum atomic E-state index is 12.5. The lowest BCUT2D eigenvalue weighted by Gasteiger charge is -2.31. The van der Waals surface area contributed by atoms with E-state index in [4.69, 9.17) is 4.74 Å². The van der Waals surface area contributed by atoms with E-state index in [1.54, 1.807) is 6.20 Å². The van der Waals surface area contributed by atoms with Gasteiger partial charge in [-0.2, -0.15) is 0 Å². The van der Waals surface area contributed by atoms with E-state index in [-0.39, 0.29) is 11.9 Å². The summed E-state index contributed by atoms with van der Waals surface area (Å²) in [5.41, 5.74) is 2.37. The minimum atomic E-state index is -0.0487. The number of nitrogens with zero attached hydrogens (tertiary/aromatic N) is 2. The molecule has 1 atom stereocenters. The number of hydrogen-bond donors (Lipinski definition) is 1. The number of rotatable bonds is 4. The number of carbonyl (C=O) groups excluding carboxylic acids is 1. The van der Waals surface area contributed by atoms with Crippen molar-refractivity contribution >= 4 is 5.91 Å². The Morgan fingerprint density at radius 3 is 2.95 bits per heavy atom. The van der Waals surface area contributed by atoms with Gasteiger partial charge in [0.25, 0.3) is 0 Å². The summed E-state index contributed by atoms with van der Waals surface area (Å²) in [6.45, 7) is 5.21. The molecule has 0 spiro atoms. The maximum absolute atomic E-state index is 12.5. The van der Waals surface area contributed by atoms with E-state index >= 15 is 0 Å². The number of aromatic nitrogens is 1. The first-order valence-corrected chi connectivity index (χ1v) is 7.77. The summed E-state index contributed by atoms with van der Waals surface area (Å²) in [5, 5.41) is 3.40. The molecule has 0 aromatic carbocycles. The van der Waals surface area contributed by atoms with Gasteiger partial charge in [0, 0.05) is 44.7 Å². The molecule has 21 heavy (non-hydrogen) atoms. The molecule has 1 amide bonds. The van der Waals surface area contributed by atoms with Crippen LogP contribution < -0.4 is 5.32 Å². The molecule has 5 nitrogen and oxygen atoms in total. The first-order chi connectivity index (χ1) is 10.3. The Kier molecular flexibility index (Phi) is 4.51. The maximum Gasteiger partial charge on any atom is 0.240 e. The Labute approximate surface area is 125 Å². The van der Waals surface area contributed by atoms with Crippen LogP contribution in [-0.2, 0) is 16.1 Å². The quantitative estimate of drug-likeness (QED) is 0.906. The highest BCUT2D eigenvalue weighted by Gasteiger charge is 2.36. The van der Waals surface area contributed by atoms with Crippen molar-refractivity contribution in [3.8, 4) is 0 Å². The third-order valence-electron chi connectivity index (χ3n) is 4.56. The molecule has 1 unspecified atom stereocenters. The molecule has 1 aromatic heterocycles. The molecule has 5 heteroatoms. The predicted molar refractivity (Wildman–Crippen MR) is 79.8 cm³/mol.